The van der Waals surface area contributed by atoms with Crippen LogP contribution >= 0.6 is 0 Å². The maximum Gasteiger partial charge on any atom is 0.276 e. The highest BCUT2D eigenvalue weighted by Crippen LogP contribution is 2.50. The number of carbonyl (C=O) groups excluding carboxylic acids is 1. The van der Waals surface area contributed by atoms with E-state index in [0.717, 1.165) is 0 Å². The molecule has 3 heterocycles. The van der Waals surface area contributed by atoms with Crippen LogP contribution in [0.15, 0.2) is 23.1 Å². The number of alkyl halides is 2. The molecule has 3 unspecified atom stereocenters. The number of pyridine rings is 2. The van der Waals surface area contributed by atoms with E-state index in [4.69, 9.17) is 10.5 Å². The summed E-state index contributed by atoms with van der Waals surface area (Å²) in [5, 5.41) is 0.119. The number of amides is 1. The number of aromatic amines is 1. The molecule has 1 saturated carbocycles. The number of nitrogens with two attached hydrogens (primary N) is 1. The van der Waals surface area contributed by atoms with Crippen LogP contribution < -0.4 is 11.2 Å². The molecule has 0 bridgehead atoms. The largest absolute Gasteiger partial charge is 0.371 e. The SMILES string of the molecule is NC(=O)c1nccc2[nH]c(C3CC4OCC(F)(F)C4C3)cc(=O)c12. The Bertz CT molecular complexity index is 896. The van der Waals surface area contributed by atoms with E-state index in [1.54, 1.807) is 6.07 Å². The quantitative estimate of drug-likeness (QED) is 0.870. The third-order valence-corrected chi connectivity index (χ3v) is 4.97. The molecule has 1 aliphatic carbocycles. The normalized spacial score (nSPS) is 28.2. The van der Waals surface area contributed by atoms with Crippen molar-refractivity contribution >= 4 is 16.8 Å². The molecule has 1 amide bonds. The van der Waals surface area contributed by atoms with Crippen LogP contribution in [-0.4, -0.2) is 34.5 Å². The highest BCUT2D eigenvalue weighted by atomic mass is 19.3. The van der Waals surface area contributed by atoms with Gasteiger partial charge in [0.1, 0.15) is 12.3 Å². The van der Waals surface area contributed by atoms with Gasteiger partial charge in [-0.25, -0.2) is 8.78 Å². The molecule has 4 rings (SSSR count). The van der Waals surface area contributed by atoms with E-state index in [1.807, 2.05) is 0 Å². The second kappa shape index (κ2) is 5.07. The number of hydrogen-bond donors (Lipinski definition) is 2. The molecular weight excluding hydrogens is 320 g/mol. The lowest BCUT2D eigenvalue weighted by Crippen LogP contribution is -2.26. The van der Waals surface area contributed by atoms with E-state index in [9.17, 15) is 18.4 Å². The first-order chi connectivity index (χ1) is 11.4. The molecule has 0 aromatic carbocycles. The van der Waals surface area contributed by atoms with Crippen LogP contribution in [0.5, 0.6) is 0 Å². The Morgan fingerprint density at radius 3 is 2.92 bits per heavy atom. The van der Waals surface area contributed by atoms with Crippen molar-refractivity contribution in [1.29, 1.82) is 0 Å². The maximum absolute atomic E-state index is 13.8. The minimum atomic E-state index is -2.82. The molecule has 2 aromatic rings. The Hall–Kier alpha value is -2.35. The minimum absolute atomic E-state index is 0.0986. The lowest BCUT2D eigenvalue weighted by atomic mass is 9.97. The van der Waals surface area contributed by atoms with Crippen LogP contribution in [0.25, 0.3) is 10.9 Å². The number of rotatable bonds is 2. The Morgan fingerprint density at radius 1 is 1.42 bits per heavy atom. The highest BCUT2D eigenvalue weighted by Gasteiger charge is 2.55. The average Bonchev–Trinajstić information content (AvgIpc) is 3.07. The molecule has 0 spiro atoms. The molecular formula is C16H15F2N3O3. The van der Waals surface area contributed by atoms with Gasteiger partial charge in [0.15, 0.2) is 5.43 Å². The predicted molar refractivity (Wildman–Crippen MR) is 81.0 cm³/mol. The van der Waals surface area contributed by atoms with Crippen molar-refractivity contribution in [3.05, 3.63) is 39.9 Å². The summed E-state index contributed by atoms with van der Waals surface area (Å²) in [7, 11) is 0. The number of primary amides is 1. The van der Waals surface area contributed by atoms with E-state index in [0.29, 0.717) is 17.6 Å². The summed E-state index contributed by atoms with van der Waals surface area (Å²) in [4.78, 5) is 30.7. The van der Waals surface area contributed by atoms with Gasteiger partial charge in [-0.05, 0) is 18.9 Å². The van der Waals surface area contributed by atoms with Crippen LogP contribution in [0.2, 0.25) is 0 Å². The third-order valence-electron chi connectivity index (χ3n) is 4.97. The first-order valence-corrected chi connectivity index (χ1v) is 7.68. The molecule has 2 fully saturated rings. The zero-order chi connectivity index (χ0) is 17.1. The Morgan fingerprint density at radius 2 is 2.21 bits per heavy atom. The van der Waals surface area contributed by atoms with Gasteiger partial charge in [-0.15, -0.1) is 0 Å². The number of nitrogens with zero attached hydrogens (tertiary/aromatic N) is 1. The average molecular weight is 335 g/mol. The van der Waals surface area contributed by atoms with Crippen LogP contribution in [-0.2, 0) is 4.74 Å². The van der Waals surface area contributed by atoms with Crippen LogP contribution in [0.1, 0.15) is 34.9 Å². The molecule has 1 aliphatic heterocycles. The number of halogens is 2. The molecule has 1 saturated heterocycles. The molecule has 3 N–H and O–H groups in total. The minimum Gasteiger partial charge on any atom is -0.371 e. The third kappa shape index (κ3) is 2.21. The van der Waals surface area contributed by atoms with E-state index in [2.05, 4.69) is 9.97 Å². The van der Waals surface area contributed by atoms with Crippen molar-refractivity contribution in [3.8, 4) is 0 Å². The molecule has 2 aromatic heterocycles. The van der Waals surface area contributed by atoms with E-state index >= 15 is 0 Å². The zero-order valence-corrected chi connectivity index (χ0v) is 12.6. The fourth-order valence-corrected chi connectivity index (χ4v) is 3.83. The van der Waals surface area contributed by atoms with Crippen molar-refractivity contribution in [2.75, 3.05) is 6.61 Å². The van der Waals surface area contributed by atoms with Gasteiger partial charge in [0.2, 0.25) is 0 Å². The van der Waals surface area contributed by atoms with Crippen LogP contribution in [0.3, 0.4) is 0 Å². The summed E-state index contributed by atoms with van der Waals surface area (Å²) in [5.74, 6) is -4.64. The lowest BCUT2D eigenvalue weighted by molar-refractivity contribution is -0.0395. The fraction of sp³-hybridized carbons (Fsp3) is 0.438. The number of nitrogens with one attached hydrogen (secondary N) is 1. The van der Waals surface area contributed by atoms with Crippen molar-refractivity contribution in [2.24, 2.45) is 11.7 Å². The molecule has 24 heavy (non-hydrogen) atoms. The van der Waals surface area contributed by atoms with Gasteiger partial charge in [-0.1, -0.05) is 0 Å². The van der Waals surface area contributed by atoms with Crippen molar-refractivity contribution in [1.82, 2.24) is 9.97 Å². The fourth-order valence-electron chi connectivity index (χ4n) is 3.83. The van der Waals surface area contributed by atoms with Crippen molar-refractivity contribution in [2.45, 2.75) is 30.8 Å². The van der Waals surface area contributed by atoms with Gasteiger partial charge < -0.3 is 15.5 Å². The summed E-state index contributed by atoms with van der Waals surface area (Å²) >= 11 is 0. The number of ether oxygens (including phenoxy) is 1. The second-order valence-corrected chi connectivity index (χ2v) is 6.42. The molecule has 8 heteroatoms. The van der Waals surface area contributed by atoms with Gasteiger partial charge in [0.05, 0.1) is 22.9 Å². The first kappa shape index (κ1) is 15.2. The summed E-state index contributed by atoms with van der Waals surface area (Å²) in [6, 6.07) is 2.91. The number of H-pyrrole nitrogens is 1. The molecule has 3 atom stereocenters. The van der Waals surface area contributed by atoms with E-state index < -0.39 is 35.9 Å². The summed E-state index contributed by atoms with van der Waals surface area (Å²) in [5.41, 5.74) is 5.74. The van der Waals surface area contributed by atoms with Gasteiger partial charge in [0, 0.05) is 23.9 Å². The van der Waals surface area contributed by atoms with Crippen molar-refractivity contribution in [3.63, 3.8) is 0 Å². The van der Waals surface area contributed by atoms with Crippen LogP contribution in [0.4, 0.5) is 8.78 Å². The Balaban J connectivity index is 1.75. The molecule has 126 valence electrons. The van der Waals surface area contributed by atoms with Crippen LogP contribution in [0, 0.1) is 5.92 Å². The van der Waals surface area contributed by atoms with Gasteiger partial charge >= 0.3 is 0 Å². The maximum atomic E-state index is 13.8. The number of fused-ring (bicyclic) bond motifs is 2. The monoisotopic (exact) mass is 335 g/mol. The van der Waals surface area contributed by atoms with Gasteiger partial charge in [-0.3, -0.25) is 14.6 Å². The summed E-state index contributed by atoms with van der Waals surface area (Å²) < 4.78 is 32.8. The number of carbonyl (C=O) groups is 1. The highest BCUT2D eigenvalue weighted by molar-refractivity contribution is 6.03. The summed E-state index contributed by atoms with van der Waals surface area (Å²) in [6.45, 7) is -0.531. The molecule has 6 nitrogen and oxygen atoms in total. The zero-order valence-electron chi connectivity index (χ0n) is 12.6. The lowest BCUT2D eigenvalue weighted by Gasteiger charge is -2.16. The van der Waals surface area contributed by atoms with E-state index in [-0.39, 0.29) is 23.4 Å². The van der Waals surface area contributed by atoms with Crippen molar-refractivity contribution < 1.29 is 18.3 Å². The second-order valence-electron chi connectivity index (χ2n) is 6.42. The topological polar surface area (TPSA) is 98.1 Å². The number of hydrogen-bond acceptors (Lipinski definition) is 4. The van der Waals surface area contributed by atoms with Gasteiger partial charge in [-0.2, -0.15) is 0 Å². The molecule has 0 radical (unpaired) electrons. The van der Waals surface area contributed by atoms with Gasteiger partial charge in [0.25, 0.3) is 11.8 Å². The van der Waals surface area contributed by atoms with E-state index in [1.165, 1.54) is 12.3 Å². The Labute approximate surface area is 135 Å². The number of aromatic nitrogens is 2. The predicted octanol–water partition coefficient (Wildman–Crippen LogP) is 1.55. The standard InChI is InChI=1S/C16H15F2N3O3/c17-16(18)6-24-12-4-7(3-8(12)16)10-5-11(22)13-9(21-10)1-2-20-14(13)15(19)23/h1-2,5,7-8,12H,3-4,6H2,(H2,19,23)(H,21,22). The summed E-state index contributed by atoms with van der Waals surface area (Å²) in [6.07, 6.45) is 1.59. The Kier molecular flexibility index (Phi) is 3.21. The smallest absolute Gasteiger partial charge is 0.276 e. The first-order valence-electron chi connectivity index (χ1n) is 7.68. The molecule has 2 aliphatic rings.